The number of rotatable bonds is 7. The largest absolute Gasteiger partial charge is 0.457 e. The maximum atomic E-state index is 12.6. The molecule has 0 aromatic heterocycles. The minimum Gasteiger partial charge on any atom is -0.457 e. The summed E-state index contributed by atoms with van der Waals surface area (Å²) in [5.74, 6) is 1.73. The van der Waals surface area contributed by atoms with Gasteiger partial charge >= 0.3 is 0 Å². The average molecular weight is 451 g/mol. The Balaban J connectivity index is 1.16. The van der Waals surface area contributed by atoms with Crippen LogP contribution in [0.1, 0.15) is 25.7 Å². The zero-order chi connectivity index (χ0) is 22.9. The molecule has 0 bridgehead atoms. The number of amides is 2. The minimum atomic E-state index is -0.0270. The second-order valence-electron chi connectivity index (χ2n) is 8.83. The predicted octanol–water partition coefficient (Wildman–Crippen LogP) is 3.44. The van der Waals surface area contributed by atoms with E-state index in [0.29, 0.717) is 13.1 Å². The molecule has 0 aliphatic carbocycles. The quantitative estimate of drug-likeness (QED) is 0.700. The van der Waals surface area contributed by atoms with E-state index < -0.39 is 0 Å². The zero-order valence-corrected chi connectivity index (χ0v) is 19.2. The second kappa shape index (κ2) is 11.8. The van der Waals surface area contributed by atoms with Gasteiger partial charge in [0.05, 0.1) is 13.1 Å². The number of carbonyl (C=O) groups excluding carboxylic acids is 2. The van der Waals surface area contributed by atoms with Gasteiger partial charge in [0.2, 0.25) is 11.8 Å². The van der Waals surface area contributed by atoms with Gasteiger partial charge in [0, 0.05) is 45.0 Å². The Labute approximate surface area is 196 Å². The summed E-state index contributed by atoms with van der Waals surface area (Å²) < 4.78 is 5.79. The van der Waals surface area contributed by atoms with Crippen LogP contribution in [0, 0.1) is 0 Å². The SMILES string of the molecule is O=C(CN1CCN(CC(=O)N2CCCCCC2)CC1)Nc1ccc(Oc2ccccc2)cc1. The number of carbonyl (C=O) groups is 2. The van der Waals surface area contributed by atoms with E-state index in [-0.39, 0.29) is 11.8 Å². The smallest absolute Gasteiger partial charge is 0.238 e. The van der Waals surface area contributed by atoms with Crippen LogP contribution in [0.25, 0.3) is 0 Å². The summed E-state index contributed by atoms with van der Waals surface area (Å²) >= 11 is 0. The van der Waals surface area contributed by atoms with Gasteiger partial charge in [-0.15, -0.1) is 0 Å². The van der Waals surface area contributed by atoms with Crippen molar-refractivity contribution in [2.24, 2.45) is 0 Å². The van der Waals surface area contributed by atoms with Gasteiger partial charge in [0.25, 0.3) is 0 Å². The van der Waals surface area contributed by atoms with Crippen molar-refractivity contribution < 1.29 is 14.3 Å². The van der Waals surface area contributed by atoms with Crippen LogP contribution in [-0.4, -0.2) is 78.9 Å². The summed E-state index contributed by atoms with van der Waals surface area (Å²) in [4.78, 5) is 31.5. The number of anilines is 1. The maximum absolute atomic E-state index is 12.6. The van der Waals surface area contributed by atoms with E-state index in [9.17, 15) is 9.59 Å². The van der Waals surface area contributed by atoms with E-state index >= 15 is 0 Å². The van der Waals surface area contributed by atoms with Crippen molar-refractivity contribution in [2.45, 2.75) is 25.7 Å². The Morgan fingerprint density at radius 3 is 1.91 bits per heavy atom. The van der Waals surface area contributed by atoms with Gasteiger partial charge in [-0.3, -0.25) is 19.4 Å². The molecule has 2 fully saturated rings. The summed E-state index contributed by atoms with van der Waals surface area (Å²) in [6.45, 7) is 5.89. The number of nitrogens with zero attached hydrogens (tertiary/aromatic N) is 3. The third kappa shape index (κ3) is 7.30. The Morgan fingerprint density at radius 1 is 0.697 bits per heavy atom. The van der Waals surface area contributed by atoms with Crippen LogP contribution in [0.2, 0.25) is 0 Å². The lowest BCUT2D eigenvalue weighted by Gasteiger charge is -2.35. The Hall–Kier alpha value is -2.90. The minimum absolute atomic E-state index is 0.0270. The molecule has 0 unspecified atom stereocenters. The average Bonchev–Trinajstić information content (AvgIpc) is 3.12. The molecule has 1 N–H and O–H groups in total. The molecule has 176 valence electrons. The molecule has 2 aliphatic heterocycles. The monoisotopic (exact) mass is 450 g/mol. The van der Waals surface area contributed by atoms with Crippen LogP contribution in [0.5, 0.6) is 11.5 Å². The Bertz CT molecular complexity index is 888. The fourth-order valence-corrected chi connectivity index (χ4v) is 4.35. The highest BCUT2D eigenvalue weighted by molar-refractivity contribution is 5.92. The van der Waals surface area contributed by atoms with Crippen LogP contribution in [0.4, 0.5) is 5.69 Å². The Kier molecular flexibility index (Phi) is 8.33. The number of hydrogen-bond donors (Lipinski definition) is 1. The molecule has 2 heterocycles. The highest BCUT2D eigenvalue weighted by Crippen LogP contribution is 2.22. The lowest BCUT2D eigenvalue weighted by molar-refractivity contribution is -0.133. The molecule has 7 heteroatoms. The van der Waals surface area contributed by atoms with E-state index in [1.54, 1.807) is 0 Å². The van der Waals surface area contributed by atoms with Crippen LogP contribution in [0.15, 0.2) is 54.6 Å². The summed E-state index contributed by atoms with van der Waals surface area (Å²) in [6.07, 6.45) is 4.71. The number of nitrogens with one attached hydrogen (secondary N) is 1. The lowest BCUT2D eigenvalue weighted by atomic mass is 10.2. The molecule has 7 nitrogen and oxygen atoms in total. The predicted molar refractivity (Wildman–Crippen MR) is 130 cm³/mol. The molecule has 0 spiro atoms. The molecule has 0 radical (unpaired) electrons. The molecule has 2 aromatic carbocycles. The van der Waals surface area contributed by atoms with E-state index in [4.69, 9.17) is 4.74 Å². The molecule has 2 amide bonds. The molecule has 33 heavy (non-hydrogen) atoms. The molecule has 2 aromatic rings. The summed E-state index contributed by atoms with van der Waals surface area (Å²) in [5, 5.41) is 2.96. The number of likely N-dealkylation sites (tertiary alicyclic amines) is 1. The first kappa shape index (κ1) is 23.3. The van der Waals surface area contributed by atoms with E-state index in [2.05, 4.69) is 15.1 Å². The highest BCUT2D eigenvalue weighted by atomic mass is 16.5. The van der Waals surface area contributed by atoms with Crippen molar-refractivity contribution in [1.29, 1.82) is 0 Å². The summed E-state index contributed by atoms with van der Waals surface area (Å²) in [6, 6.07) is 17.0. The van der Waals surface area contributed by atoms with Crippen LogP contribution in [0.3, 0.4) is 0 Å². The normalized spacial score (nSPS) is 17.9. The standard InChI is InChI=1S/C26H34N4O3/c31-25(27-22-10-12-24(13-11-22)33-23-8-4-3-5-9-23)20-28-16-18-29(19-17-28)21-26(32)30-14-6-1-2-7-15-30/h3-5,8-13H,1-2,6-7,14-21H2,(H,27,31). The van der Waals surface area contributed by atoms with Crippen molar-refractivity contribution in [3.8, 4) is 11.5 Å². The second-order valence-corrected chi connectivity index (χ2v) is 8.83. The lowest BCUT2D eigenvalue weighted by Crippen LogP contribution is -2.51. The summed E-state index contributed by atoms with van der Waals surface area (Å²) in [5.41, 5.74) is 0.752. The molecule has 2 aliphatic rings. The van der Waals surface area contributed by atoms with Gasteiger partial charge in [-0.05, 0) is 49.2 Å². The van der Waals surface area contributed by atoms with Crippen molar-refractivity contribution in [1.82, 2.24) is 14.7 Å². The molecule has 0 atom stereocenters. The van der Waals surface area contributed by atoms with E-state index in [1.807, 2.05) is 59.5 Å². The molecular weight excluding hydrogens is 416 g/mol. The van der Waals surface area contributed by atoms with Crippen molar-refractivity contribution in [3.63, 3.8) is 0 Å². The third-order valence-corrected chi connectivity index (χ3v) is 6.27. The van der Waals surface area contributed by atoms with Crippen molar-refractivity contribution in [3.05, 3.63) is 54.6 Å². The van der Waals surface area contributed by atoms with Crippen LogP contribution >= 0.6 is 0 Å². The number of para-hydroxylation sites is 1. The molecule has 0 saturated carbocycles. The summed E-state index contributed by atoms with van der Waals surface area (Å²) in [7, 11) is 0. The van der Waals surface area contributed by atoms with Gasteiger partial charge in [0.1, 0.15) is 11.5 Å². The first-order chi connectivity index (χ1) is 16.2. The van der Waals surface area contributed by atoms with Gasteiger partial charge in [-0.2, -0.15) is 0 Å². The van der Waals surface area contributed by atoms with E-state index in [1.165, 1.54) is 12.8 Å². The van der Waals surface area contributed by atoms with Crippen molar-refractivity contribution >= 4 is 17.5 Å². The zero-order valence-electron chi connectivity index (χ0n) is 19.2. The fourth-order valence-electron chi connectivity index (χ4n) is 4.35. The van der Waals surface area contributed by atoms with Crippen LogP contribution in [-0.2, 0) is 9.59 Å². The Morgan fingerprint density at radius 2 is 1.27 bits per heavy atom. The number of benzene rings is 2. The first-order valence-corrected chi connectivity index (χ1v) is 12.0. The third-order valence-electron chi connectivity index (χ3n) is 6.27. The number of hydrogen-bond acceptors (Lipinski definition) is 5. The molecular formula is C26H34N4O3. The fraction of sp³-hybridized carbons (Fsp3) is 0.462. The number of piperazine rings is 1. The van der Waals surface area contributed by atoms with Gasteiger partial charge in [-0.25, -0.2) is 0 Å². The van der Waals surface area contributed by atoms with Crippen molar-refractivity contribution in [2.75, 3.05) is 57.7 Å². The first-order valence-electron chi connectivity index (χ1n) is 12.0. The van der Waals surface area contributed by atoms with Gasteiger partial charge in [0.15, 0.2) is 0 Å². The highest BCUT2D eigenvalue weighted by Gasteiger charge is 2.23. The molecule has 2 saturated heterocycles. The van der Waals surface area contributed by atoms with Gasteiger partial charge < -0.3 is 15.0 Å². The molecule has 4 rings (SSSR count). The maximum Gasteiger partial charge on any atom is 0.238 e. The van der Waals surface area contributed by atoms with Crippen LogP contribution < -0.4 is 10.1 Å². The van der Waals surface area contributed by atoms with Gasteiger partial charge in [-0.1, -0.05) is 31.0 Å². The topological polar surface area (TPSA) is 65.1 Å². The van der Waals surface area contributed by atoms with E-state index in [0.717, 1.165) is 69.3 Å². The number of ether oxygens (including phenoxy) is 1.